The second-order valence-corrected chi connectivity index (χ2v) is 20.2. The van der Waals surface area contributed by atoms with Crippen molar-refractivity contribution in [2.75, 3.05) is 0 Å². The summed E-state index contributed by atoms with van der Waals surface area (Å²) in [6.45, 7) is 39.6. The van der Waals surface area contributed by atoms with Crippen molar-refractivity contribution in [3.05, 3.63) is 0 Å². The van der Waals surface area contributed by atoms with E-state index in [-0.39, 0.29) is 63.4 Å². The molecular formula is C44H88CeO8+8. The predicted molar refractivity (Wildman–Crippen MR) is 230 cm³/mol. The normalized spacial score (nSPS) is 11.6. The molecule has 9 heteroatoms. The van der Waals surface area contributed by atoms with E-state index in [0.717, 1.165) is 0 Å². The number of hydrogen-bond acceptors (Lipinski definition) is 0. The van der Waals surface area contributed by atoms with E-state index >= 15 is 0 Å². The van der Waals surface area contributed by atoms with Gasteiger partial charge in [-0.2, -0.15) is 0 Å². The van der Waals surface area contributed by atoms with Crippen molar-refractivity contribution >= 4 is 46.3 Å². The van der Waals surface area contributed by atoms with Gasteiger partial charge >= 0.3 is 46.3 Å². The molecule has 0 radical (unpaired) electrons. The number of hydrogen-bond donors (Lipinski definition) is 0. The first-order chi connectivity index (χ1) is 22.9. The third-order valence-corrected chi connectivity index (χ3v) is 7.52. The molecule has 53 heavy (non-hydrogen) atoms. The maximum absolute atomic E-state index is 9.60. The minimum Gasteiger partial charge on any atom is -0.283 e. The second-order valence-electron chi connectivity index (χ2n) is 20.2. The third-order valence-electron chi connectivity index (χ3n) is 7.52. The summed E-state index contributed by atoms with van der Waals surface area (Å²) in [5.74, 6) is 4.67. The Hall–Kier alpha value is -1.26. The summed E-state index contributed by atoms with van der Waals surface area (Å²) in [6, 6.07) is 0. The molecule has 0 saturated heterocycles. The smallest absolute Gasteiger partial charge is 0.283 e. The molecule has 0 aliphatic heterocycles. The molecule has 0 aromatic rings. The van der Waals surface area contributed by atoms with Crippen LogP contribution in [0.25, 0.3) is 0 Å². The van der Waals surface area contributed by atoms with Crippen molar-refractivity contribution in [3.8, 4) is 0 Å². The number of rotatable bonds is 16. The first kappa shape index (κ1) is 61.0. The van der Waals surface area contributed by atoms with Crippen molar-refractivity contribution in [1.82, 2.24) is 0 Å². The molecule has 0 heterocycles. The van der Waals surface area contributed by atoms with E-state index in [9.17, 15) is 38.4 Å². The van der Waals surface area contributed by atoms with Crippen LogP contribution in [0.15, 0.2) is 0 Å². The monoisotopic (exact) mass is 885 g/mol. The van der Waals surface area contributed by atoms with E-state index < -0.39 is 0 Å². The van der Waals surface area contributed by atoms with Crippen LogP contribution in [-0.2, 0) is 0 Å². The molecule has 0 atom stereocenters. The Morgan fingerprint density at radius 2 is 0.415 bits per heavy atom. The molecule has 0 fully saturated rings. The van der Waals surface area contributed by atoms with Crippen LogP contribution in [0.2, 0.25) is 0 Å². The van der Waals surface area contributed by atoms with E-state index in [1.54, 1.807) is 0 Å². The molecule has 308 valence electrons. The Morgan fingerprint density at radius 1 is 0.302 bits per heavy atom. The summed E-state index contributed by atoms with van der Waals surface area (Å²) < 4.78 is 0. The van der Waals surface area contributed by atoms with Crippen molar-refractivity contribution in [1.29, 1.82) is 0 Å². The Balaban J connectivity index is -0.000000192. The largest absolute Gasteiger partial charge is 0.311 e. The van der Waals surface area contributed by atoms with Gasteiger partial charge in [-0.3, -0.25) is 38.4 Å². The first-order valence-corrected chi connectivity index (χ1v) is 19.3. The Kier molecular flexibility index (Phi) is 32.4. The van der Waals surface area contributed by atoms with Gasteiger partial charge in [0, 0.05) is 41.7 Å². The van der Waals surface area contributed by atoms with E-state index in [1.807, 2.05) is 138 Å². The van der Waals surface area contributed by atoms with Crippen LogP contribution in [0.4, 0.5) is 0 Å². The van der Waals surface area contributed by atoms with Crippen molar-refractivity contribution in [3.63, 3.8) is 0 Å². The summed E-state index contributed by atoms with van der Waals surface area (Å²) >= 11 is 0. The molecule has 0 spiro atoms. The minimum absolute atomic E-state index is 0. The van der Waals surface area contributed by atoms with E-state index in [4.69, 9.17) is 0 Å². The third kappa shape index (κ3) is 40.2. The molecular weight excluding hydrogens is 797 g/mol. The second kappa shape index (κ2) is 28.2. The fourth-order valence-electron chi connectivity index (χ4n) is 4.01. The summed E-state index contributed by atoms with van der Waals surface area (Å²) in [5.41, 5.74) is -0.925. The zero-order valence-corrected chi connectivity index (χ0v) is 41.2. The van der Waals surface area contributed by atoms with Gasteiger partial charge in [0.25, 0.3) is 0 Å². The number of ketones is 8. The average Bonchev–Trinajstić information content (AvgIpc) is 2.85. The van der Waals surface area contributed by atoms with Gasteiger partial charge in [-0.1, -0.05) is 55.4 Å². The van der Waals surface area contributed by atoms with Crippen molar-refractivity contribution in [2.24, 2.45) is 45.3 Å². The SMILES string of the molecule is CC(C)CC(=[OH+])CC(=[OH+])C(C)(C)C.CC(C)CC(=[OH+])CC(=[OH+])C(C)(C)C.CC(C)CC(=[OH+])CC(=[OH+])C(C)(C)C.CC(C)CC(=[OH+])CC(=[OH+])C(C)(C)C.[Ce]. The topological polar surface area (TPSA) is 171 Å². The molecule has 0 aliphatic rings. The van der Waals surface area contributed by atoms with Crippen LogP contribution in [0, 0.1) is 87.1 Å². The van der Waals surface area contributed by atoms with E-state index in [0.29, 0.717) is 121 Å². The zero-order chi connectivity index (χ0) is 42.6. The maximum Gasteiger partial charge on any atom is 0.311 e. The predicted octanol–water partition coefficient (Wildman–Crippen LogP) is 10.2. The van der Waals surface area contributed by atoms with Gasteiger partial charge in [0.15, 0.2) is 25.7 Å². The van der Waals surface area contributed by atoms with Gasteiger partial charge in [0.1, 0.15) is 0 Å². The molecule has 0 aromatic carbocycles. The average molecular weight is 885 g/mol. The van der Waals surface area contributed by atoms with Gasteiger partial charge in [0.05, 0.1) is 47.3 Å². The molecule has 0 unspecified atom stereocenters. The molecule has 0 aromatic heterocycles. The Morgan fingerprint density at radius 3 is 0.491 bits per heavy atom. The van der Waals surface area contributed by atoms with Gasteiger partial charge in [-0.25, -0.2) is 0 Å². The fourth-order valence-corrected chi connectivity index (χ4v) is 4.01. The van der Waals surface area contributed by atoms with Crippen LogP contribution in [0.5, 0.6) is 0 Å². The molecule has 0 aliphatic carbocycles. The molecule has 8 nitrogen and oxygen atoms in total. The fraction of sp³-hybridized carbons (Fsp3) is 0.818. The van der Waals surface area contributed by atoms with E-state index in [2.05, 4.69) is 0 Å². The van der Waals surface area contributed by atoms with Gasteiger partial charge in [-0.15, -0.1) is 0 Å². The Labute approximate surface area is 359 Å². The first-order valence-electron chi connectivity index (χ1n) is 19.3. The van der Waals surface area contributed by atoms with Crippen LogP contribution < -0.4 is 0 Å². The van der Waals surface area contributed by atoms with Gasteiger partial charge < -0.3 is 0 Å². The van der Waals surface area contributed by atoms with Crippen molar-refractivity contribution < 1.29 is 80.1 Å². The zero-order valence-electron chi connectivity index (χ0n) is 38.0. The quantitative estimate of drug-likeness (QED) is 0.106. The van der Waals surface area contributed by atoms with Crippen LogP contribution in [-0.4, -0.2) is 84.6 Å². The number of carbonyl (C=O) groups excluding carboxylic acids is 8. The van der Waals surface area contributed by atoms with Crippen LogP contribution in [0.3, 0.4) is 0 Å². The molecule has 8 N–H and O–H groups in total. The van der Waals surface area contributed by atoms with E-state index in [1.165, 1.54) is 0 Å². The maximum atomic E-state index is 9.60. The summed E-state index contributed by atoms with van der Waals surface area (Å²) in [4.78, 5) is 76.4. The summed E-state index contributed by atoms with van der Waals surface area (Å²) in [6.07, 6.45) is 3.95. The molecule has 0 bridgehead atoms. The standard InChI is InChI=1S/4C11H20O2.Ce/c4*1-8(2)6-9(12)7-10(13)11(3,4)5;/h4*8H,6-7H2,1-5H3;/p+8. The van der Waals surface area contributed by atoms with Gasteiger partial charge in [0.2, 0.25) is 0 Å². The van der Waals surface area contributed by atoms with Crippen LogP contribution in [0.1, 0.15) is 190 Å². The molecule has 0 amide bonds. The summed E-state index contributed by atoms with van der Waals surface area (Å²) in [7, 11) is 0. The molecule has 0 saturated carbocycles. The minimum atomic E-state index is -0.231. The summed E-state index contributed by atoms with van der Waals surface area (Å²) in [5, 5.41) is 0. The van der Waals surface area contributed by atoms with Gasteiger partial charge in [-0.05, 0) is 107 Å². The molecule has 0 rings (SSSR count). The van der Waals surface area contributed by atoms with Crippen LogP contribution >= 0.6 is 0 Å². The van der Waals surface area contributed by atoms with Crippen molar-refractivity contribution in [2.45, 2.75) is 190 Å². The Bertz CT molecular complexity index is 978.